The Kier molecular flexibility index (Phi) is 11.7. The van der Waals surface area contributed by atoms with Crippen molar-refractivity contribution in [1.82, 2.24) is 15.5 Å². The summed E-state index contributed by atoms with van der Waals surface area (Å²) in [6, 6.07) is 5.74. The predicted octanol–water partition coefficient (Wildman–Crippen LogP) is 5.85. The van der Waals surface area contributed by atoms with E-state index in [2.05, 4.69) is 24.1 Å². The van der Waals surface area contributed by atoms with Crippen molar-refractivity contribution >= 4 is 24.0 Å². The van der Waals surface area contributed by atoms with Gasteiger partial charge in [0.25, 0.3) is 0 Å². The summed E-state index contributed by atoms with van der Waals surface area (Å²) in [5.74, 6) is -0.466. The molecule has 36 heavy (non-hydrogen) atoms. The highest BCUT2D eigenvalue weighted by atomic mass is 16.6. The monoisotopic (exact) mass is 501 g/mol. The molecule has 0 aliphatic heterocycles. The van der Waals surface area contributed by atoms with Gasteiger partial charge in [0.2, 0.25) is 11.8 Å². The van der Waals surface area contributed by atoms with Crippen LogP contribution in [0.5, 0.6) is 0 Å². The minimum Gasteiger partial charge on any atom is -0.444 e. The molecule has 2 N–H and O–H groups in total. The van der Waals surface area contributed by atoms with E-state index < -0.39 is 29.3 Å². The highest BCUT2D eigenvalue weighted by molar-refractivity contribution is 5.92. The number of nitrogens with zero attached hydrogens (tertiary/aromatic N) is 1. The third kappa shape index (κ3) is 10.0. The number of hydrogen-bond donors (Lipinski definition) is 2. The number of hydrogen-bond acceptors (Lipinski definition) is 4. The summed E-state index contributed by atoms with van der Waals surface area (Å²) in [6.07, 6.45) is 3.24. The Morgan fingerprint density at radius 3 is 2.25 bits per heavy atom. The Morgan fingerprint density at radius 1 is 1.11 bits per heavy atom. The maximum atomic E-state index is 14.2. The van der Waals surface area contributed by atoms with Crippen LogP contribution in [0.25, 0.3) is 6.08 Å². The lowest BCUT2D eigenvalue weighted by atomic mass is 9.93. The van der Waals surface area contributed by atoms with Gasteiger partial charge in [0.05, 0.1) is 0 Å². The van der Waals surface area contributed by atoms with Crippen molar-refractivity contribution in [2.24, 2.45) is 5.92 Å². The third-order valence-electron chi connectivity index (χ3n) is 5.45. The number of amides is 3. The van der Waals surface area contributed by atoms with E-state index in [-0.39, 0.29) is 17.7 Å². The van der Waals surface area contributed by atoms with Gasteiger partial charge in [0.1, 0.15) is 17.7 Å². The molecule has 1 rings (SSSR count). The first-order valence-electron chi connectivity index (χ1n) is 12.9. The fraction of sp³-hybridized carbons (Fsp3) is 0.621. The van der Waals surface area contributed by atoms with Gasteiger partial charge in [-0.2, -0.15) is 0 Å². The molecule has 0 spiro atoms. The molecule has 0 aliphatic rings. The minimum absolute atomic E-state index is 0.122. The Labute approximate surface area is 218 Å². The molecule has 3 amide bonds. The second-order valence-corrected chi connectivity index (χ2v) is 11.6. The molecule has 0 fully saturated rings. The Bertz CT molecular complexity index is 897. The van der Waals surface area contributed by atoms with Gasteiger partial charge in [0, 0.05) is 12.1 Å². The SMILES string of the molecule is C=Cc1cccc(C(C(=O)NCCCC)N(C(=O)C(CC(C)C)NC(=O)OC(C)(C)C)C(C)(C)C)c1. The summed E-state index contributed by atoms with van der Waals surface area (Å²) in [5, 5.41) is 5.79. The predicted molar refractivity (Wildman–Crippen MR) is 146 cm³/mol. The first kappa shape index (κ1) is 31.2. The van der Waals surface area contributed by atoms with Crippen molar-refractivity contribution in [3.63, 3.8) is 0 Å². The largest absolute Gasteiger partial charge is 0.444 e. The van der Waals surface area contributed by atoms with Gasteiger partial charge in [0.15, 0.2) is 0 Å². The molecule has 0 aromatic heterocycles. The summed E-state index contributed by atoms with van der Waals surface area (Å²) >= 11 is 0. The molecule has 0 heterocycles. The molecule has 202 valence electrons. The van der Waals surface area contributed by atoms with E-state index in [0.717, 1.165) is 18.4 Å². The summed E-state index contributed by atoms with van der Waals surface area (Å²) in [6.45, 7) is 21.4. The fourth-order valence-corrected chi connectivity index (χ4v) is 3.91. The molecule has 0 bridgehead atoms. The lowest BCUT2D eigenvalue weighted by Gasteiger charge is -2.43. The average molecular weight is 502 g/mol. The van der Waals surface area contributed by atoms with E-state index in [0.29, 0.717) is 18.5 Å². The van der Waals surface area contributed by atoms with Crippen molar-refractivity contribution in [3.05, 3.63) is 42.0 Å². The van der Waals surface area contributed by atoms with Crippen LogP contribution >= 0.6 is 0 Å². The zero-order valence-electron chi connectivity index (χ0n) is 23.7. The maximum Gasteiger partial charge on any atom is 0.408 e. The normalized spacial score (nSPS) is 13.5. The number of benzene rings is 1. The van der Waals surface area contributed by atoms with Crippen molar-refractivity contribution in [3.8, 4) is 0 Å². The topological polar surface area (TPSA) is 87.7 Å². The third-order valence-corrected chi connectivity index (χ3v) is 5.45. The molecule has 0 radical (unpaired) electrons. The van der Waals surface area contributed by atoms with Crippen LogP contribution in [0, 0.1) is 5.92 Å². The van der Waals surface area contributed by atoms with Gasteiger partial charge < -0.3 is 20.3 Å². The summed E-state index contributed by atoms with van der Waals surface area (Å²) in [7, 11) is 0. The van der Waals surface area contributed by atoms with E-state index in [1.807, 2.05) is 58.9 Å². The summed E-state index contributed by atoms with van der Waals surface area (Å²) < 4.78 is 5.44. The lowest BCUT2D eigenvalue weighted by Crippen LogP contribution is -2.58. The first-order valence-corrected chi connectivity index (χ1v) is 12.9. The molecular formula is C29H47N3O4. The quantitative estimate of drug-likeness (QED) is 0.372. The van der Waals surface area contributed by atoms with Crippen LogP contribution in [-0.2, 0) is 14.3 Å². The number of alkyl carbamates (subject to hydrolysis) is 1. The van der Waals surface area contributed by atoms with Gasteiger partial charge >= 0.3 is 6.09 Å². The molecule has 0 saturated carbocycles. The second-order valence-electron chi connectivity index (χ2n) is 11.6. The van der Waals surface area contributed by atoms with Gasteiger partial charge in [-0.3, -0.25) is 9.59 Å². The second kappa shape index (κ2) is 13.5. The lowest BCUT2D eigenvalue weighted by molar-refractivity contribution is -0.148. The van der Waals surface area contributed by atoms with Crippen molar-refractivity contribution in [2.75, 3.05) is 6.54 Å². The molecule has 0 aliphatic carbocycles. The van der Waals surface area contributed by atoms with Gasteiger partial charge in [-0.1, -0.05) is 58.0 Å². The highest BCUT2D eigenvalue weighted by Gasteiger charge is 2.42. The van der Waals surface area contributed by atoms with Crippen LogP contribution < -0.4 is 10.6 Å². The zero-order valence-corrected chi connectivity index (χ0v) is 23.7. The molecule has 1 aromatic carbocycles. The van der Waals surface area contributed by atoms with Crippen molar-refractivity contribution in [1.29, 1.82) is 0 Å². The number of carbonyl (C=O) groups is 3. The molecule has 0 saturated heterocycles. The van der Waals surface area contributed by atoms with Gasteiger partial charge in [-0.15, -0.1) is 0 Å². The number of nitrogens with one attached hydrogen (secondary N) is 2. The molecule has 7 heteroatoms. The molecule has 2 unspecified atom stereocenters. The highest BCUT2D eigenvalue weighted by Crippen LogP contribution is 2.31. The minimum atomic E-state index is -0.885. The molecule has 2 atom stereocenters. The van der Waals surface area contributed by atoms with Crippen molar-refractivity contribution < 1.29 is 19.1 Å². The summed E-state index contributed by atoms with van der Waals surface area (Å²) in [5.41, 5.74) is 0.112. The summed E-state index contributed by atoms with van der Waals surface area (Å²) in [4.78, 5) is 42.1. The van der Waals surface area contributed by atoms with Crippen LogP contribution in [0.2, 0.25) is 0 Å². The van der Waals surface area contributed by atoms with Crippen LogP contribution in [0.1, 0.15) is 98.7 Å². The Morgan fingerprint density at radius 2 is 1.75 bits per heavy atom. The van der Waals surface area contributed by atoms with E-state index in [1.165, 1.54) is 0 Å². The maximum absolute atomic E-state index is 14.2. The fourth-order valence-electron chi connectivity index (χ4n) is 3.91. The number of rotatable bonds is 11. The molecule has 1 aromatic rings. The van der Waals surface area contributed by atoms with Crippen LogP contribution in [0.3, 0.4) is 0 Å². The number of ether oxygens (including phenoxy) is 1. The van der Waals surface area contributed by atoms with Crippen LogP contribution in [0.4, 0.5) is 4.79 Å². The molecular weight excluding hydrogens is 454 g/mol. The van der Waals surface area contributed by atoms with Gasteiger partial charge in [-0.25, -0.2) is 4.79 Å². The molecule has 7 nitrogen and oxygen atoms in total. The standard InChI is InChI=1S/C29H47N3O4/c1-11-13-17-30-25(33)24(22-16-14-15-21(12-2)19-22)32(28(5,6)7)26(34)23(18-20(3)4)31-27(35)36-29(8,9)10/h12,14-16,19-20,23-24H,2,11,13,17-18H2,1,3-10H3,(H,30,33)(H,31,35). The van der Waals surface area contributed by atoms with E-state index in [1.54, 1.807) is 31.7 Å². The number of carbonyl (C=O) groups excluding carboxylic acids is 3. The van der Waals surface area contributed by atoms with Crippen molar-refractivity contribution in [2.45, 2.75) is 105 Å². The van der Waals surface area contributed by atoms with E-state index in [4.69, 9.17) is 4.74 Å². The smallest absolute Gasteiger partial charge is 0.408 e. The zero-order chi connectivity index (χ0) is 27.7. The van der Waals surface area contributed by atoms with E-state index >= 15 is 0 Å². The van der Waals surface area contributed by atoms with E-state index in [9.17, 15) is 14.4 Å². The first-order chi connectivity index (χ1) is 16.6. The Hall–Kier alpha value is -2.83. The Balaban J connectivity index is 3.56. The number of unbranched alkanes of at least 4 members (excludes halogenated alkanes) is 1. The van der Waals surface area contributed by atoms with Crippen LogP contribution in [0.15, 0.2) is 30.8 Å². The van der Waals surface area contributed by atoms with Crippen LogP contribution in [-0.4, -0.2) is 46.5 Å². The average Bonchev–Trinajstić information content (AvgIpc) is 2.74. The van der Waals surface area contributed by atoms with Gasteiger partial charge in [-0.05, 0) is 77.5 Å².